The van der Waals surface area contributed by atoms with E-state index in [0.717, 1.165) is 11.1 Å². The maximum atomic E-state index is 13.6. The van der Waals surface area contributed by atoms with Gasteiger partial charge in [0.2, 0.25) is 5.91 Å². The van der Waals surface area contributed by atoms with Gasteiger partial charge in [-0.15, -0.1) is 0 Å². The summed E-state index contributed by atoms with van der Waals surface area (Å²) in [6.07, 6.45) is 1.67. The highest BCUT2D eigenvalue weighted by atomic mass is 35.5. The molecular weight excluding hydrogens is 568 g/mol. The summed E-state index contributed by atoms with van der Waals surface area (Å²) in [5.74, 6) is -0.951. The fourth-order valence-corrected chi connectivity index (χ4v) is 6.12. The predicted molar refractivity (Wildman–Crippen MR) is 154 cm³/mol. The number of nitrogens with zero attached hydrogens (tertiary/aromatic N) is 1. The smallest absolute Gasteiger partial charge is 0.409 e. The van der Waals surface area contributed by atoms with Crippen LogP contribution in [0.4, 0.5) is 10.5 Å². The fourth-order valence-electron chi connectivity index (χ4n) is 5.81. The van der Waals surface area contributed by atoms with Crippen LogP contribution in [0.1, 0.15) is 46.1 Å². The summed E-state index contributed by atoms with van der Waals surface area (Å²) in [5.41, 5.74) is -0.570. The number of esters is 1. The molecule has 4 rings (SSSR count). The highest BCUT2D eigenvalue weighted by Crippen LogP contribution is 2.49. The molecule has 0 aromatic heterocycles. The maximum absolute atomic E-state index is 13.6. The van der Waals surface area contributed by atoms with E-state index in [0.29, 0.717) is 17.9 Å². The molecule has 2 fully saturated rings. The minimum atomic E-state index is -1.76. The Kier molecular flexibility index (Phi) is 9.27. The summed E-state index contributed by atoms with van der Waals surface area (Å²) in [6.45, 7) is 6.77. The second-order valence-corrected chi connectivity index (χ2v) is 11.8. The molecular formula is C30H39ClN2O9. The van der Waals surface area contributed by atoms with Crippen LogP contribution >= 0.6 is 11.6 Å². The molecule has 2 amide bonds. The summed E-state index contributed by atoms with van der Waals surface area (Å²) >= 11 is 6.64. The van der Waals surface area contributed by atoms with Crippen LogP contribution in [-0.2, 0) is 35.0 Å². The lowest BCUT2D eigenvalue weighted by Gasteiger charge is -2.42. The summed E-state index contributed by atoms with van der Waals surface area (Å²) in [7, 11) is 4.54. The van der Waals surface area contributed by atoms with Crippen LogP contribution in [0.3, 0.4) is 0 Å². The first-order valence-electron chi connectivity index (χ1n) is 13.8. The van der Waals surface area contributed by atoms with Crippen molar-refractivity contribution in [1.29, 1.82) is 0 Å². The average molecular weight is 607 g/mol. The van der Waals surface area contributed by atoms with Crippen molar-refractivity contribution >= 4 is 35.3 Å². The van der Waals surface area contributed by atoms with Gasteiger partial charge in [-0.25, -0.2) is 4.79 Å². The van der Waals surface area contributed by atoms with Crippen LogP contribution in [0.2, 0.25) is 5.02 Å². The molecule has 3 heterocycles. The summed E-state index contributed by atoms with van der Waals surface area (Å²) in [5, 5.41) is 14.3. The third-order valence-corrected chi connectivity index (χ3v) is 8.64. The molecule has 1 aromatic rings. The third-order valence-electron chi connectivity index (χ3n) is 8.26. The lowest BCUT2D eigenvalue weighted by atomic mass is 9.83. The zero-order chi connectivity index (χ0) is 31.0. The van der Waals surface area contributed by atoms with Crippen LogP contribution in [0.15, 0.2) is 35.9 Å². The summed E-state index contributed by atoms with van der Waals surface area (Å²) in [6, 6.07) is 3.62. The van der Waals surface area contributed by atoms with Gasteiger partial charge in [-0.1, -0.05) is 42.3 Å². The van der Waals surface area contributed by atoms with Crippen molar-refractivity contribution in [2.45, 2.75) is 82.7 Å². The number of carbonyl (C=O) groups is 3. The van der Waals surface area contributed by atoms with Crippen LogP contribution in [0.5, 0.6) is 5.75 Å². The molecule has 4 bridgehead atoms. The normalized spacial score (nSPS) is 35.6. The highest BCUT2D eigenvalue weighted by molar-refractivity contribution is 6.35. The average Bonchev–Trinajstić information content (AvgIpc) is 3.61. The molecule has 42 heavy (non-hydrogen) atoms. The van der Waals surface area contributed by atoms with Gasteiger partial charge in [-0.2, -0.15) is 0 Å². The largest absolute Gasteiger partial charge is 0.495 e. The van der Waals surface area contributed by atoms with Crippen molar-refractivity contribution in [2.75, 3.05) is 26.2 Å². The third kappa shape index (κ3) is 6.44. The number of hydrogen-bond donors (Lipinski definition) is 2. The minimum absolute atomic E-state index is 0.00538. The number of carbonyl (C=O) groups excluding carboxylic acids is 3. The molecule has 12 heteroatoms. The molecule has 0 aliphatic carbocycles. The van der Waals surface area contributed by atoms with E-state index in [4.69, 9.17) is 35.3 Å². The number of nitrogens with one attached hydrogen (secondary N) is 1. The molecule has 7 unspecified atom stereocenters. The van der Waals surface area contributed by atoms with Gasteiger partial charge in [0.15, 0.2) is 5.72 Å². The first-order chi connectivity index (χ1) is 19.7. The Morgan fingerprint density at radius 1 is 1.26 bits per heavy atom. The molecule has 0 spiro atoms. The van der Waals surface area contributed by atoms with Crippen molar-refractivity contribution in [1.82, 2.24) is 5.32 Å². The number of alkyl carbamates (subject to hydrolysis) is 1. The number of hydrogen-bond acceptors (Lipinski definition) is 9. The molecule has 3 aliphatic heterocycles. The van der Waals surface area contributed by atoms with Crippen molar-refractivity contribution in [3.05, 3.63) is 46.5 Å². The van der Waals surface area contributed by atoms with E-state index in [1.807, 2.05) is 26.0 Å². The number of ether oxygens (including phenoxy) is 5. The molecule has 11 nitrogen and oxygen atoms in total. The van der Waals surface area contributed by atoms with Crippen LogP contribution in [-0.4, -0.2) is 80.1 Å². The fraction of sp³-hybridized carbons (Fsp3) is 0.567. The van der Waals surface area contributed by atoms with E-state index in [2.05, 4.69) is 5.32 Å². The Morgan fingerprint density at radius 3 is 2.62 bits per heavy atom. The predicted octanol–water partition coefficient (Wildman–Crippen LogP) is 3.69. The zero-order valence-corrected chi connectivity index (χ0v) is 25.7. The number of epoxide rings is 1. The van der Waals surface area contributed by atoms with E-state index in [9.17, 15) is 19.5 Å². The highest BCUT2D eigenvalue weighted by Gasteiger charge is 2.64. The Labute approximate surface area is 250 Å². The second-order valence-electron chi connectivity index (χ2n) is 11.4. The number of allylic oxidation sites excluding steroid dienone is 3. The Morgan fingerprint density at radius 2 is 1.98 bits per heavy atom. The van der Waals surface area contributed by atoms with Gasteiger partial charge in [0.05, 0.1) is 25.3 Å². The van der Waals surface area contributed by atoms with Crippen molar-refractivity contribution < 1.29 is 43.2 Å². The lowest BCUT2D eigenvalue weighted by Crippen LogP contribution is -2.63. The van der Waals surface area contributed by atoms with E-state index in [-0.39, 0.29) is 23.8 Å². The first kappa shape index (κ1) is 31.8. The lowest BCUT2D eigenvalue weighted by molar-refractivity contribution is -0.151. The van der Waals surface area contributed by atoms with Gasteiger partial charge in [-0.3, -0.25) is 14.9 Å². The molecule has 1 aromatic carbocycles. The first-order valence-corrected chi connectivity index (χ1v) is 14.2. The van der Waals surface area contributed by atoms with Crippen LogP contribution in [0.25, 0.3) is 0 Å². The van der Waals surface area contributed by atoms with Crippen LogP contribution in [0, 0.1) is 5.92 Å². The number of amides is 2. The van der Waals surface area contributed by atoms with E-state index < -0.39 is 53.7 Å². The number of aliphatic hydroxyl groups is 1. The van der Waals surface area contributed by atoms with Gasteiger partial charge in [-0.05, 0) is 38.0 Å². The Hall–Kier alpha value is -3.12. The molecule has 0 saturated carbocycles. The van der Waals surface area contributed by atoms with E-state index in [1.54, 1.807) is 32.2 Å². The van der Waals surface area contributed by atoms with Gasteiger partial charge < -0.3 is 33.7 Å². The standard InChI is InChI=1S/C30H39ClN2O9/c1-16-9-8-10-23(39-7)30(37)15-22(41-28(36)32-30)17(2)27-29(4,42-27)24(40-18(3)34)14-25(35)33(5)20-12-19(11-16)13-21(38-6)26(20)31/h8-10,12-13,17,22-24,27,37H,11,14-15H2,1-7H3,(H,32,36)/b10-8-,16-9-. The maximum Gasteiger partial charge on any atom is 0.409 e. The zero-order valence-electron chi connectivity index (χ0n) is 24.9. The monoisotopic (exact) mass is 606 g/mol. The second kappa shape index (κ2) is 12.2. The van der Waals surface area contributed by atoms with Crippen molar-refractivity contribution in [3.63, 3.8) is 0 Å². The van der Waals surface area contributed by atoms with E-state index in [1.165, 1.54) is 26.0 Å². The number of rotatable bonds is 3. The molecule has 3 aliphatic rings. The Balaban J connectivity index is 1.79. The quantitative estimate of drug-likeness (QED) is 0.390. The topological polar surface area (TPSA) is 136 Å². The number of halogens is 1. The Bertz CT molecular complexity index is 1300. The SMILES string of the molecule is COc1cc2cc(c1Cl)N(C)C(=O)CC(OC(C)=O)C1(C)OC1C(C)C1CC(O)(NC(=O)O1)C(OC)/C=C\C=C(\C)C2. The van der Waals surface area contributed by atoms with E-state index >= 15 is 0 Å². The van der Waals surface area contributed by atoms with Gasteiger partial charge in [0.25, 0.3) is 0 Å². The van der Waals surface area contributed by atoms with Gasteiger partial charge >= 0.3 is 12.1 Å². The summed E-state index contributed by atoms with van der Waals surface area (Å²) in [4.78, 5) is 39.7. The van der Waals surface area contributed by atoms with Crippen LogP contribution < -0.4 is 15.0 Å². The van der Waals surface area contributed by atoms with Crippen molar-refractivity contribution in [2.24, 2.45) is 5.92 Å². The molecule has 2 saturated heterocycles. The van der Waals surface area contributed by atoms with Crippen molar-refractivity contribution in [3.8, 4) is 5.75 Å². The molecule has 2 N–H and O–H groups in total. The number of anilines is 1. The number of methoxy groups -OCH3 is 2. The summed E-state index contributed by atoms with van der Waals surface area (Å²) < 4.78 is 28.4. The van der Waals surface area contributed by atoms with Gasteiger partial charge in [0.1, 0.15) is 34.7 Å². The molecule has 0 radical (unpaired) electrons. The number of benzene rings is 1. The molecule has 230 valence electrons. The van der Waals surface area contributed by atoms with Gasteiger partial charge in [0, 0.05) is 33.4 Å². The number of fused-ring (bicyclic) bond motifs is 5. The minimum Gasteiger partial charge on any atom is -0.495 e. The molecule has 7 atom stereocenters.